The molecule has 0 aliphatic carbocycles. The van der Waals surface area contributed by atoms with Crippen molar-refractivity contribution >= 4 is 21.5 Å². The lowest BCUT2D eigenvalue weighted by Crippen LogP contribution is -2.61. The summed E-state index contributed by atoms with van der Waals surface area (Å²) >= 11 is 1.50. The highest BCUT2D eigenvalue weighted by Crippen LogP contribution is 2.28. The maximum atomic E-state index is 11.2. The maximum absolute atomic E-state index is 11.2. The molecule has 2 aromatic rings. The van der Waals surface area contributed by atoms with E-state index in [2.05, 4.69) is 4.98 Å². The monoisotopic (exact) mass is 389 g/mol. The second-order valence-electron chi connectivity index (χ2n) is 5.33. The molecule has 4 N–H and O–H groups in total. The predicted octanol–water partition coefficient (Wildman–Crippen LogP) is -0.158. The summed E-state index contributed by atoms with van der Waals surface area (Å²) in [5.41, 5.74) is -1.45. The van der Waals surface area contributed by atoms with Gasteiger partial charge in [-0.2, -0.15) is 8.42 Å². The third-order valence-corrected chi connectivity index (χ3v) is 5.45. The van der Waals surface area contributed by atoms with Crippen LogP contribution in [-0.2, 0) is 14.9 Å². The van der Waals surface area contributed by atoms with Gasteiger partial charge in [0.25, 0.3) is 10.1 Å². The molecule has 3 rings (SSSR count). The summed E-state index contributed by atoms with van der Waals surface area (Å²) in [5, 5.41) is 31.2. The van der Waals surface area contributed by atoms with Crippen LogP contribution in [0.25, 0.3) is 10.6 Å². The van der Waals surface area contributed by atoms with Crippen molar-refractivity contribution in [2.24, 2.45) is 0 Å². The number of aliphatic hydroxyl groups is 3. The Morgan fingerprint density at radius 2 is 1.88 bits per heavy atom. The molecule has 0 amide bonds. The van der Waals surface area contributed by atoms with Crippen molar-refractivity contribution in [1.29, 1.82) is 0 Å². The molecule has 1 aliphatic heterocycles. The molecule has 1 saturated heterocycles. The molecule has 5 atom stereocenters. The second kappa shape index (κ2) is 6.96. The van der Waals surface area contributed by atoms with E-state index in [1.165, 1.54) is 23.6 Å². The van der Waals surface area contributed by atoms with Crippen molar-refractivity contribution in [3.63, 3.8) is 0 Å². The van der Waals surface area contributed by atoms with Crippen LogP contribution in [0.3, 0.4) is 0 Å². The molecule has 1 fully saturated rings. The van der Waals surface area contributed by atoms with Gasteiger partial charge in [0.1, 0.15) is 24.1 Å². The minimum atomic E-state index is -4.83. The minimum absolute atomic E-state index is 0.141. The number of hydrogen-bond donors (Lipinski definition) is 4. The number of aromatic nitrogens is 1. The first-order chi connectivity index (χ1) is 11.8. The van der Waals surface area contributed by atoms with E-state index in [0.29, 0.717) is 5.69 Å². The van der Waals surface area contributed by atoms with Crippen molar-refractivity contribution in [2.75, 3.05) is 0 Å². The molecule has 0 radical (unpaired) electrons. The highest BCUT2D eigenvalue weighted by Gasteiger charge is 2.50. The Bertz CT molecular complexity index is 808. The van der Waals surface area contributed by atoms with Gasteiger partial charge in [-0.1, -0.05) is 6.07 Å². The van der Waals surface area contributed by atoms with Crippen LogP contribution in [0.15, 0.2) is 35.8 Å². The Hall–Kier alpha value is -1.60. The van der Waals surface area contributed by atoms with Crippen LogP contribution in [0.5, 0.6) is 5.75 Å². The summed E-state index contributed by atoms with van der Waals surface area (Å²) < 4.78 is 41.8. The van der Waals surface area contributed by atoms with Crippen LogP contribution in [-0.4, -0.2) is 63.3 Å². The fraction of sp³-hybridized carbons (Fsp3) is 0.357. The van der Waals surface area contributed by atoms with Crippen molar-refractivity contribution in [2.45, 2.75) is 30.0 Å². The van der Waals surface area contributed by atoms with Gasteiger partial charge in [-0.15, -0.1) is 11.3 Å². The van der Waals surface area contributed by atoms with Crippen LogP contribution >= 0.6 is 11.3 Å². The zero-order chi connectivity index (χ0) is 18.2. The van der Waals surface area contributed by atoms with E-state index >= 15 is 0 Å². The number of ether oxygens (including phenoxy) is 2. The van der Waals surface area contributed by atoms with E-state index in [1.54, 1.807) is 6.07 Å². The number of hydrogen-bond acceptors (Lipinski definition) is 9. The lowest BCUT2D eigenvalue weighted by molar-refractivity contribution is -0.254. The van der Waals surface area contributed by atoms with E-state index in [4.69, 9.17) is 14.0 Å². The fourth-order valence-corrected chi connectivity index (χ4v) is 3.78. The van der Waals surface area contributed by atoms with Gasteiger partial charge in [-0.25, -0.2) is 0 Å². The quantitative estimate of drug-likeness (QED) is 0.524. The highest BCUT2D eigenvalue weighted by molar-refractivity contribution is 7.86. The summed E-state index contributed by atoms with van der Waals surface area (Å²) in [6, 6.07) is 6.94. The standard InChI is InChI=1S/C14H15NO8S2/c16-10-11(17)13(23-14(12(10)18)25(19,20)21)22-7-3-4-8(15-6-7)9-2-1-5-24-9/h1-6,10-14,16-18H,(H,19,20,21)/t10-,11-,12+,13-,14?/m1/s1. The Labute approximate surface area is 146 Å². The first-order valence-electron chi connectivity index (χ1n) is 7.10. The van der Waals surface area contributed by atoms with Crippen LogP contribution in [0.2, 0.25) is 0 Å². The third kappa shape index (κ3) is 3.82. The topological polar surface area (TPSA) is 146 Å². The Morgan fingerprint density at radius 3 is 2.44 bits per heavy atom. The van der Waals surface area contributed by atoms with Gasteiger partial charge in [0.2, 0.25) is 11.7 Å². The molecular weight excluding hydrogens is 374 g/mol. The van der Waals surface area contributed by atoms with Crippen molar-refractivity contribution in [3.8, 4) is 16.3 Å². The van der Waals surface area contributed by atoms with E-state index in [9.17, 15) is 23.7 Å². The first kappa shape index (κ1) is 18.2. The lowest BCUT2D eigenvalue weighted by atomic mass is 10.1. The number of nitrogens with zero attached hydrogens (tertiary/aromatic N) is 1. The molecule has 1 unspecified atom stereocenters. The summed E-state index contributed by atoms with van der Waals surface area (Å²) in [4.78, 5) is 5.12. The minimum Gasteiger partial charge on any atom is -0.460 e. The van der Waals surface area contributed by atoms with Gasteiger partial charge in [-0.3, -0.25) is 9.54 Å². The molecule has 9 nitrogen and oxygen atoms in total. The van der Waals surface area contributed by atoms with E-state index in [0.717, 1.165) is 4.88 Å². The second-order valence-corrected chi connectivity index (χ2v) is 7.78. The van der Waals surface area contributed by atoms with Gasteiger partial charge >= 0.3 is 0 Å². The summed E-state index contributed by atoms with van der Waals surface area (Å²) in [7, 11) is -4.83. The van der Waals surface area contributed by atoms with Gasteiger partial charge in [0.15, 0.2) is 0 Å². The molecule has 0 spiro atoms. The zero-order valence-electron chi connectivity index (χ0n) is 12.5. The summed E-state index contributed by atoms with van der Waals surface area (Å²) in [6.07, 6.45) is -5.93. The molecule has 0 saturated carbocycles. The molecule has 136 valence electrons. The summed E-state index contributed by atoms with van der Waals surface area (Å²) in [5.74, 6) is 0.141. The van der Waals surface area contributed by atoms with Gasteiger partial charge < -0.3 is 24.8 Å². The van der Waals surface area contributed by atoms with Gasteiger partial charge in [0, 0.05) is 0 Å². The molecule has 3 heterocycles. The molecule has 25 heavy (non-hydrogen) atoms. The molecule has 0 bridgehead atoms. The van der Waals surface area contributed by atoms with Crippen molar-refractivity contribution in [3.05, 3.63) is 35.8 Å². The Balaban J connectivity index is 1.77. The van der Waals surface area contributed by atoms with Crippen LogP contribution in [0.1, 0.15) is 0 Å². The third-order valence-electron chi connectivity index (χ3n) is 3.58. The largest absolute Gasteiger partial charge is 0.460 e. The maximum Gasteiger partial charge on any atom is 0.295 e. The summed E-state index contributed by atoms with van der Waals surface area (Å²) in [6.45, 7) is 0. The molecule has 0 aromatic carbocycles. The molecular formula is C14H15NO8S2. The van der Waals surface area contributed by atoms with E-state index < -0.39 is 40.2 Å². The van der Waals surface area contributed by atoms with E-state index in [1.807, 2.05) is 17.5 Å². The highest BCUT2D eigenvalue weighted by atomic mass is 32.2. The number of thiophene rings is 1. The van der Waals surface area contributed by atoms with Gasteiger partial charge in [-0.05, 0) is 23.6 Å². The smallest absolute Gasteiger partial charge is 0.295 e. The lowest BCUT2D eigenvalue weighted by Gasteiger charge is -2.38. The molecule has 1 aliphatic rings. The molecule has 2 aromatic heterocycles. The normalized spacial score (nSPS) is 30.2. The van der Waals surface area contributed by atoms with Crippen molar-refractivity contribution < 1.29 is 37.8 Å². The number of aliphatic hydroxyl groups excluding tert-OH is 3. The SMILES string of the molecule is O=S(=O)(O)C1O[C@@H](Oc2ccc(-c3cccs3)nc2)[C@H](O)[C@@H](O)[C@@H]1O. The fourth-order valence-electron chi connectivity index (χ4n) is 2.32. The van der Waals surface area contributed by atoms with Crippen LogP contribution < -0.4 is 4.74 Å². The van der Waals surface area contributed by atoms with E-state index in [-0.39, 0.29) is 5.75 Å². The average Bonchev–Trinajstić information content (AvgIpc) is 3.09. The zero-order valence-corrected chi connectivity index (χ0v) is 14.2. The van der Waals surface area contributed by atoms with Crippen LogP contribution in [0.4, 0.5) is 0 Å². The predicted molar refractivity (Wildman–Crippen MR) is 86.4 cm³/mol. The Morgan fingerprint density at radius 1 is 1.12 bits per heavy atom. The van der Waals surface area contributed by atoms with Crippen molar-refractivity contribution in [1.82, 2.24) is 4.98 Å². The number of rotatable bonds is 4. The average molecular weight is 389 g/mol. The Kier molecular flexibility index (Phi) is 5.06. The van der Waals surface area contributed by atoms with Gasteiger partial charge in [0.05, 0.1) is 16.8 Å². The number of pyridine rings is 1. The van der Waals surface area contributed by atoms with Crippen LogP contribution in [0, 0.1) is 0 Å². The molecule has 11 heteroatoms. The first-order valence-corrected chi connectivity index (χ1v) is 9.48.